The summed E-state index contributed by atoms with van der Waals surface area (Å²) in [6.07, 6.45) is 5.84. The van der Waals surface area contributed by atoms with Crippen molar-refractivity contribution >= 4 is 11.7 Å². The molecule has 0 amide bonds. The fourth-order valence-corrected chi connectivity index (χ4v) is 6.81. The third-order valence-corrected chi connectivity index (χ3v) is 8.57. The van der Waals surface area contributed by atoms with Crippen LogP contribution in [-0.4, -0.2) is 56.8 Å². The van der Waals surface area contributed by atoms with Crippen LogP contribution in [0.1, 0.15) is 39.0 Å². The lowest BCUT2D eigenvalue weighted by Gasteiger charge is -2.50. The number of ether oxygens (including phenoxy) is 2. The predicted molar refractivity (Wildman–Crippen MR) is 122 cm³/mol. The molecule has 2 aliphatic heterocycles. The number of fused-ring (bicyclic) bond motifs is 2. The van der Waals surface area contributed by atoms with E-state index in [4.69, 9.17) is 9.47 Å². The topological polar surface area (TPSA) is 42.0 Å². The number of methoxy groups -OCH3 is 1. The molecular weight excluding hydrogens is 388 g/mol. The molecule has 5 nitrogen and oxygen atoms in total. The van der Waals surface area contributed by atoms with Crippen LogP contribution in [-0.2, 0) is 9.53 Å². The molecule has 0 bridgehead atoms. The largest absolute Gasteiger partial charge is 0.495 e. The van der Waals surface area contributed by atoms with Gasteiger partial charge in [-0.1, -0.05) is 31.2 Å². The number of hydrogen-bond donors (Lipinski definition) is 0. The van der Waals surface area contributed by atoms with Gasteiger partial charge in [-0.15, -0.1) is 0 Å². The number of esters is 1. The van der Waals surface area contributed by atoms with Crippen molar-refractivity contribution in [3.05, 3.63) is 36.4 Å². The number of carbonyl (C=O) groups excluding carboxylic acids is 1. The second-order valence-corrected chi connectivity index (χ2v) is 10.4. The second kappa shape index (κ2) is 8.16. The maximum atomic E-state index is 12.9. The maximum absolute atomic E-state index is 12.9. The fraction of sp³-hybridized carbons (Fsp3) is 0.654. The molecule has 0 radical (unpaired) electrons. The predicted octanol–water partition coefficient (Wildman–Crippen LogP) is 4.13. The van der Waals surface area contributed by atoms with E-state index in [-0.39, 0.29) is 23.4 Å². The van der Waals surface area contributed by atoms with Gasteiger partial charge in [-0.25, -0.2) is 0 Å². The Balaban J connectivity index is 1.23. The van der Waals surface area contributed by atoms with Crippen LogP contribution >= 0.6 is 0 Å². The summed E-state index contributed by atoms with van der Waals surface area (Å²) in [6, 6.07) is 8.22. The molecule has 2 saturated heterocycles. The van der Waals surface area contributed by atoms with Crippen molar-refractivity contribution in [2.45, 2.75) is 45.1 Å². The highest BCUT2D eigenvalue weighted by atomic mass is 16.6. The van der Waals surface area contributed by atoms with Crippen molar-refractivity contribution in [1.82, 2.24) is 4.90 Å². The Morgan fingerprint density at radius 3 is 2.77 bits per heavy atom. The van der Waals surface area contributed by atoms with E-state index < -0.39 is 0 Å². The Hall–Kier alpha value is -2.01. The Morgan fingerprint density at radius 1 is 1.23 bits per heavy atom. The van der Waals surface area contributed by atoms with Crippen LogP contribution in [0.25, 0.3) is 0 Å². The maximum Gasteiger partial charge on any atom is 0.310 e. The van der Waals surface area contributed by atoms with Gasteiger partial charge < -0.3 is 14.4 Å². The number of para-hydroxylation sites is 2. The molecule has 0 aromatic heterocycles. The lowest BCUT2D eigenvalue weighted by Crippen LogP contribution is -2.50. The smallest absolute Gasteiger partial charge is 0.310 e. The first-order valence-corrected chi connectivity index (χ1v) is 12.0. The van der Waals surface area contributed by atoms with Gasteiger partial charge in [0.1, 0.15) is 11.9 Å². The summed E-state index contributed by atoms with van der Waals surface area (Å²) in [5.41, 5.74) is 2.84. The van der Waals surface area contributed by atoms with Gasteiger partial charge in [-0.3, -0.25) is 9.69 Å². The lowest BCUT2D eigenvalue weighted by atomic mass is 9.55. The zero-order valence-electron chi connectivity index (χ0n) is 19.0. The number of benzene rings is 1. The van der Waals surface area contributed by atoms with Gasteiger partial charge in [-0.2, -0.15) is 0 Å². The van der Waals surface area contributed by atoms with E-state index in [0.29, 0.717) is 11.8 Å². The van der Waals surface area contributed by atoms with Crippen molar-refractivity contribution < 1.29 is 14.3 Å². The minimum atomic E-state index is 0.0158. The molecule has 0 spiro atoms. The van der Waals surface area contributed by atoms with Crippen molar-refractivity contribution in [2.75, 3.05) is 44.7 Å². The van der Waals surface area contributed by atoms with Crippen LogP contribution in [0, 0.1) is 23.2 Å². The zero-order valence-corrected chi connectivity index (χ0v) is 19.0. The van der Waals surface area contributed by atoms with Crippen LogP contribution in [0.4, 0.5) is 5.69 Å². The molecule has 2 saturated carbocycles. The average molecular weight is 425 g/mol. The van der Waals surface area contributed by atoms with Crippen LogP contribution < -0.4 is 9.64 Å². The summed E-state index contributed by atoms with van der Waals surface area (Å²) in [5.74, 6) is 1.89. The quantitative estimate of drug-likeness (QED) is 0.537. The zero-order chi connectivity index (χ0) is 21.6. The molecule has 5 atom stereocenters. The second-order valence-electron chi connectivity index (χ2n) is 10.4. The number of anilines is 1. The molecule has 4 fully saturated rings. The minimum Gasteiger partial charge on any atom is -0.495 e. The lowest BCUT2D eigenvalue weighted by molar-refractivity contribution is -0.146. The van der Waals surface area contributed by atoms with Crippen LogP contribution in [0.3, 0.4) is 0 Å². The first kappa shape index (κ1) is 20.9. The number of carbonyl (C=O) groups is 1. The van der Waals surface area contributed by atoms with Crippen LogP contribution in [0.15, 0.2) is 36.4 Å². The van der Waals surface area contributed by atoms with Crippen LogP contribution in [0.5, 0.6) is 5.75 Å². The van der Waals surface area contributed by atoms with Gasteiger partial charge in [0.25, 0.3) is 0 Å². The standard InChI is InChI=1S/C26H36N2O3/c1-18-7-6-10-26(2)16-24-19(15-21(18)26)20(25(29)31-24)17-27-11-13-28(14-12-27)22-8-4-5-9-23(22)30-3/h4-5,8-9,19-21,24H,1,6-7,10-17H2,2-3H3/t19-,20-,21-,24+,26+/m0/s1. The van der Waals surface area contributed by atoms with Crippen molar-refractivity contribution in [3.8, 4) is 5.75 Å². The normalized spacial score (nSPS) is 36.0. The molecule has 1 aromatic rings. The molecule has 1 aromatic carbocycles. The van der Waals surface area contributed by atoms with E-state index in [9.17, 15) is 4.79 Å². The third-order valence-electron chi connectivity index (χ3n) is 8.57. The van der Waals surface area contributed by atoms with E-state index >= 15 is 0 Å². The van der Waals surface area contributed by atoms with E-state index in [1.54, 1.807) is 7.11 Å². The highest BCUT2D eigenvalue weighted by Gasteiger charge is 2.55. The SMILES string of the molecule is C=C1CCC[C@]2(C)C[C@H]3OC(=O)[C@@H](CN4CCN(c5ccccc5OC)CC4)[C@@H]3C[C@@H]12. The Kier molecular flexibility index (Phi) is 5.49. The van der Waals surface area contributed by atoms with Crippen molar-refractivity contribution in [2.24, 2.45) is 23.2 Å². The molecule has 31 heavy (non-hydrogen) atoms. The summed E-state index contributed by atoms with van der Waals surface area (Å²) < 4.78 is 11.5. The Labute approximate surface area is 186 Å². The first-order chi connectivity index (χ1) is 15.0. The van der Waals surface area contributed by atoms with E-state index in [1.165, 1.54) is 18.4 Å². The summed E-state index contributed by atoms with van der Waals surface area (Å²) in [5, 5.41) is 0. The van der Waals surface area contributed by atoms with E-state index in [2.05, 4.69) is 35.4 Å². The molecule has 2 heterocycles. The van der Waals surface area contributed by atoms with Gasteiger partial charge in [-0.05, 0) is 55.6 Å². The molecule has 168 valence electrons. The third kappa shape index (κ3) is 3.75. The van der Waals surface area contributed by atoms with E-state index in [0.717, 1.165) is 63.4 Å². The number of rotatable bonds is 4. The van der Waals surface area contributed by atoms with Crippen LogP contribution in [0.2, 0.25) is 0 Å². The molecular formula is C26H36N2O3. The summed E-state index contributed by atoms with van der Waals surface area (Å²) in [4.78, 5) is 17.7. The molecule has 5 heteroatoms. The number of allylic oxidation sites excluding steroid dienone is 1. The van der Waals surface area contributed by atoms with E-state index in [1.807, 2.05) is 12.1 Å². The Bertz CT molecular complexity index is 847. The van der Waals surface area contributed by atoms with Gasteiger partial charge >= 0.3 is 5.97 Å². The number of piperazine rings is 1. The summed E-state index contributed by atoms with van der Waals surface area (Å²) >= 11 is 0. The molecule has 0 unspecified atom stereocenters. The first-order valence-electron chi connectivity index (χ1n) is 12.0. The average Bonchev–Trinajstić information content (AvgIpc) is 3.06. The van der Waals surface area contributed by atoms with Crippen molar-refractivity contribution in [1.29, 1.82) is 0 Å². The number of hydrogen-bond acceptors (Lipinski definition) is 5. The van der Waals surface area contributed by atoms with Gasteiger partial charge in [0, 0.05) is 38.6 Å². The highest BCUT2D eigenvalue weighted by molar-refractivity contribution is 5.75. The fourth-order valence-electron chi connectivity index (χ4n) is 6.81. The molecule has 0 N–H and O–H groups in total. The molecule has 4 aliphatic rings. The Morgan fingerprint density at radius 2 is 2.00 bits per heavy atom. The summed E-state index contributed by atoms with van der Waals surface area (Å²) in [7, 11) is 1.73. The monoisotopic (exact) mass is 424 g/mol. The van der Waals surface area contributed by atoms with Crippen molar-refractivity contribution in [3.63, 3.8) is 0 Å². The summed E-state index contributed by atoms with van der Waals surface area (Å²) in [6.45, 7) is 11.5. The van der Waals surface area contributed by atoms with Gasteiger partial charge in [0.2, 0.25) is 0 Å². The van der Waals surface area contributed by atoms with Gasteiger partial charge in [0.05, 0.1) is 18.7 Å². The number of nitrogens with zero attached hydrogens (tertiary/aromatic N) is 2. The minimum absolute atomic E-state index is 0.0158. The molecule has 5 rings (SSSR count). The van der Waals surface area contributed by atoms with Gasteiger partial charge in [0.15, 0.2) is 0 Å². The molecule has 2 aliphatic carbocycles. The highest BCUT2D eigenvalue weighted by Crippen LogP contribution is 2.57.